The van der Waals surface area contributed by atoms with Crippen LogP contribution in [-0.2, 0) is 0 Å². The lowest BCUT2D eigenvalue weighted by atomic mass is 10.1. The zero-order valence-electron chi connectivity index (χ0n) is 16.6. The monoisotopic (exact) mass is 390 g/mol. The van der Waals surface area contributed by atoms with Crippen molar-refractivity contribution in [2.24, 2.45) is 0 Å². The van der Waals surface area contributed by atoms with Gasteiger partial charge in [-0.25, -0.2) is 0 Å². The molecule has 0 spiro atoms. The summed E-state index contributed by atoms with van der Waals surface area (Å²) in [6, 6.07) is 17.4. The highest BCUT2D eigenvalue weighted by molar-refractivity contribution is 5.94. The van der Waals surface area contributed by atoms with Gasteiger partial charge < -0.3 is 15.0 Å². The van der Waals surface area contributed by atoms with Crippen LogP contribution in [0.2, 0.25) is 0 Å². The van der Waals surface area contributed by atoms with Crippen LogP contribution in [0.25, 0.3) is 22.5 Å². The van der Waals surface area contributed by atoms with Crippen molar-refractivity contribution in [1.29, 1.82) is 0 Å². The van der Waals surface area contributed by atoms with Crippen molar-refractivity contribution in [1.82, 2.24) is 20.4 Å². The summed E-state index contributed by atoms with van der Waals surface area (Å²) in [5, 5.41) is 10.5. The number of amides is 1. The highest BCUT2D eigenvalue weighted by atomic mass is 16.5. The normalized spacial score (nSPS) is 14.1. The summed E-state index contributed by atoms with van der Waals surface area (Å²) in [6.45, 7) is 3.90. The average Bonchev–Trinajstić information content (AvgIpc) is 3.46. The van der Waals surface area contributed by atoms with E-state index in [9.17, 15) is 4.79 Å². The van der Waals surface area contributed by atoms with Crippen molar-refractivity contribution in [2.45, 2.75) is 12.8 Å². The number of hydrogen-bond acceptors (Lipinski definition) is 4. The van der Waals surface area contributed by atoms with Crippen LogP contribution >= 0.6 is 0 Å². The molecule has 0 atom stereocenters. The van der Waals surface area contributed by atoms with E-state index in [0.29, 0.717) is 12.1 Å². The first-order valence-corrected chi connectivity index (χ1v) is 10.0. The van der Waals surface area contributed by atoms with Gasteiger partial charge in [0.15, 0.2) is 0 Å². The summed E-state index contributed by atoms with van der Waals surface area (Å²) in [5.41, 5.74) is 4.40. The molecule has 2 aromatic carbocycles. The molecule has 1 fully saturated rings. The van der Waals surface area contributed by atoms with Gasteiger partial charge in [-0.3, -0.25) is 9.89 Å². The maximum Gasteiger partial charge on any atom is 0.251 e. The quantitative estimate of drug-likeness (QED) is 0.647. The lowest BCUT2D eigenvalue weighted by molar-refractivity contribution is 0.0950. The Morgan fingerprint density at radius 1 is 1.10 bits per heavy atom. The number of carbonyl (C=O) groups is 1. The van der Waals surface area contributed by atoms with E-state index in [4.69, 9.17) is 4.74 Å². The molecule has 0 bridgehead atoms. The van der Waals surface area contributed by atoms with Gasteiger partial charge in [-0.1, -0.05) is 24.3 Å². The summed E-state index contributed by atoms with van der Waals surface area (Å²) in [7, 11) is 1.65. The second kappa shape index (κ2) is 8.92. The Kier molecular flexibility index (Phi) is 5.91. The predicted molar refractivity (Wildman–Crippen MR) is 114 cm³/mol. The fourth-order valence-corrected chi connectivity index (χ4v) is 3.64. The van der Waals surface area contributed by atoms with E-state index < -0.39 is 0 Å². The number of ether oxygens (including phenoxy) is 1. The Labute approximate surface area is 170 Å². The topological polar surface area (TPSA) is 70.2 Å². The summed E-state index contributed by atoms with van der Waals surface area (Å²) in [5.74, 6) is 0.768. The Morgan fingerprint density at radius 3 is 2.66 bits per heavy atom. The fourth-order valence-electron chi connectivity index (χ4n) is 3.64. The van der Waals surface area contributed by atoms with E-state index in [-0.39, 0.29) is 5.91 Å². The van der Waals surface area contributed by atoms with Crippen molar-refractivity contribution in [2.75, 3.05) is 33.3 Å². The van der Waals surface area contributed by atoms with Crippen LogP contribution in [0.15, 0.2) is 54.6 Å². The summed E-state index contributed by atoms with van der Waals surface area (Å²) >= 11 is 0. The first kappa shape index (κ1) is 19.2. The number of aromatic nitrogens is 2. The number of benzene rings is 2. The Morgan fingerprint density at radius 2 is 1.90 bits per heavy atom. The van der Waals surface area contributed by atoms with E-state index >= 15 is 0 Å². The molecule has 0 unspecified atom stereocenters. The van der Waals surface area contributed by atoms with Crippen LogP contribution in [0.3, 0.4) is 0 Å². The molecule has 3 aromatic rings. The zero-order chi connectivity index (χ0) is 20.1. The molecule has 2 N–H and O–H groups in total. The molecule has 2 heterocycles. The molecule has 29 heavy (non-hydrogen) atoms. The Balaban J connectivity index is 1.38. The van der Waals surface area contributed by atoms with Gasteiger partial charge in [0.05, 0.1) is 18.5 Å². The Bertz CT molecular complexity index is 959. The number of nitrogens with zero attached hydrogens (tertiary/aromatic N) is 2. The second-order valence-electron chi connectivity index (χ2n) is 7.28. The number of aromatic amines is 1. The van der Waals surface area contributed by atoms with E-state index in [1.54, 1.807) is 7.11 Å². The summed E-state index contributed by atoms with van der Waals surface area (Å²) in [6.07, 6.45) is 2.53. The molecule has 4 rings (SSSR count). The maximum atomic E-state index is 12.4. The number of rotatable bonds is 7. The molecule has 6 nitrogen and oxygen atoms in total. The molecule has 1 aromatic heterocycles. The first-order valence-electron chi connectivity index (χ1n) is 10.0. The van der Waals surface area contributed by atoms with E-state index in [0.717, 1.165) is 47.9 Å². The van der Waals surface area contributed by atoms with Gasteiger partial charge in [0.25, 0.3) is 5.91 Å². The second-order valence-corrected chi connectivity index (χ2v) is 7.28. The molecule has 1 amide bonds. The standard InChI is InChI=1S/C23H26N4O2/c1-29-20-6-4-5-19(15-20)22-16-21(25-26-22)17-7-9-18(10-8-17)23(28)24-11-14-27-12-2-3-13-27/h4-10,15-16H,2-3,11-14H2,1H3,(H,24,28)(H,25,26). The number of carbonyl (C=O) groups excluding carboxylic acids is 1. The third kappa shape index (κ3) is 4.66. The average molecular weight is 390 g/mol. The van der Waals surface area contributed by atoms with E-state index in [1.807, 2.05) is 54.6 Å². The van der Waals surface area contributed by atoms with Crippen molar-refractivity contribution < 1.29 is 9.53 Å². The molecule has 6 heteroatoms. The fraction of sp³-hybridized carbons (Fsp3) is 0.304. The third-order valence-electron chi connectivity index (χ3n) is 5.31. The molecule has 0 saturated carbocycles. The van der Waals surface area contributed by atoms with Gasteiger partial charge in [-0.2, -0.15) is 5.10 Å². The largest absolute Gasteiger partial charge is 0.497 e. The van der Waals surface area contributed by atoms with Crippen molar-refractivity contribution in [3.63, 3.8) is 0 Å². The highest BCUT2D eigenvalue weighted by Gasteiger charge is 2.12. The van der Waals surface area contributed by atoms with Gasteiger partial charge >= 0.3 is 0 Å². The van der Waals surface area contributed by atoms with Crippen LogP contribution in [0.4, 0.5) is 0 Å². The number of hydrogen-bond donors (Lipinski definition) is 2. The lowest BCUT2D eigenvalue weighted by Crippen LogP contribution is -2.33. The Hall–Kier alpha value is -3.12. The molecule has 0 radical (unpaired) electrons. The molecular formula is C23H26N4O2. The number of methoxy groups -OCH3 is 1. The number of nitrogens with one attached hydrogen (secondary N) is 2. The predicted octanol–water partition coefficient (Wildman–Crippen LogP) is 3.58. The van der Waals surface area contributed by atoms with Crippen LogP contribution in [0.1, 0.15) is 23.2 Å². The molecule has 1 aliphatic rings. The van der Waals surface area contributed by atoms with Gasteiger partial charge in [0, 0.05) is 24.2 Å². The van der Waals surface area contributed by atoms with Crippen LogP contribution in [0, 0.1) is 0 Å². The smallest absolute Gasteiger partial charge is 0.251 e. The minimum absolute atomic E-state index is 0.0302. The van der Waals surface area contributed by atoms with Crippen molar-refractivity contribution >= 4 is 5.91 Å². The first-order chi connectivity index (χ1) is 14.2. The van der Waals surface area contributed by atoms with Crippen LogP contribution < -0.4 is 10.1 Å². The van der Waals surface area contributed by atoms with Crippen molar-refractivity contribution in [3.05, 3.63) is 60.2 Å². The molecule has 150 valence electrons. The van der Waals surface area contributed by atoms with Gasteiger partial charge in [0.1, 0.15) is 5.75 Å². The van der Waals surface area contributed by atoms with E-state index in [1.165, 1.54) is 12.8 Å². The lowest BCUT2D eigenvalue weighted by Gasteiger charge is -2.14. The summed E-state index contributed by atoms with van der Waals surface area (Å²) in [4.78, 5) is 14.7. The van der Waals surface area contributed by atoms with E-state index in [2.05, 4.69) is 20.4 Å². The minimum atomic E-state index is -0.0302. The minimum Gasteiger partial charge on any atom is -0.497 e. The SMILES string of the molecule is COc1cccc(-c2cc(-c3ccc(C(=O)NCCN4CCCC4)cc3)[nH]n2)c1. The number of H-pyrrole nitrogens is 1. The molecule has 0 aliphatic carbocycles. The van der Waals surface area contributed by atoms with Gasteiger partial charge in [-0.05, 0) is 61.8 Å². The number of likely N-dealkylation sites (tertiary alicyclic amines) is 1. The molecular weight excluding hydrogens is 364 g/mol. The third-order valence-corrected chi connectivity index (χ3v) is 5.31. The zero-order valence-corrected chi connectivity index (χ0v) is 16.6. The van der Waals surface area contributed by atoms with Gasteiger partial charge in [0.2, 0.25) is 0 Å². The van der Waals surface area contributed by atoms with Crippen molar-refractivity contribution in [3.8, 4) is 28.3 Å². The van der Waals surface area contributed by atoms with Crippen LogP contribution in [-0.4, -0.2) is 54.3 Å². The maximum absolute atomic E-state index is 12.4. The highest BCUT2D eigenvalue weighted by Crippen LogP contribution is 2.26. The van der Waals surface area contributed by atoms with Gasteiger partial charge in [-0.15, -0.1) is 0 Å². The molecule has 1 aliphatic heterocycles. The van der Waals surface area contributed by atoms with Crippen LogP contribution in [0.5, 0.6) is 5.75 Å². The summed E-state index contributed by atoms with van der Waals surface area (Å²) < 4.78 is 5.28. The molecule has 1 saturated heterocycles.